The third-order valence-corrected chi connectivity index (χ3v) is 4.94. The fraction of sp³-hybridized carbons (Fsp3) is 0.562. The molecule has 0 atom stereocenters. The van der Waals surface area contributed by atoms with E-state index < -0.39 is 0 Å². The van der Waals surface area contributed by atoms with E-state index in [1.54, 1.807) is 6.33 Å². The molecule has 6 nitrogen and oxygen atoms in total. The lowest BCUT2D eigenvalue weighted by molar-refractivity contribution is -0.148. The lowest BCUT2D eigenvalue weighted by Crippen LogP contribution is -2.59. The molecule has 1 aliphatic carbocycles. The Morgan fingerprint density at radius 1 is 1.55 bits per heavy atom. The van der Waals surface area contributed by atoms with Crippen molar-refractivity contribution >= 4 is 11.8 Å². The average Bonchev–Trinajstić information content (AvgIpc) is 2.97. The van der Waals surface area contributed by atoms with Crippen molar-refractivity contribution in [3.8, 4) is 0 Å². The van der Waals surface area contributed by atoms with Crippen LogP contribution in [0.3, 0.4) is 0 Å². The summed E-state index contributed by atoms with van der Waals surface area (Å²) in [6.07, 6.45) is 6.80. The Morgan fingerprint density at radius 2 is 2.32 bits per heavy atom. The Morgan fingerprint density at radius 3 is 2.91 bits per heavy atom. The summed E-state index contributed by atoms with van der Waals surface area (Å²) in [5, 5.41) is 0. The topological polar surface area (TPSA) is 69.3 Å². The van der Waals surface area contributed by atoms with E-state index in [1.165, 1.54) is 11.0 Å². The number of imidazole rings is 1. The second-order valence-corrected chi connectivity index (χ2v) is 5.97. The summed E-state index contributed by atoms with van der Waals surface area (Å²) in [6.45, 7) is 6.68. The molecule has 0 unspecified atom stereocenters. The van der Waals surface area contributed by atoms with Gasteiger partial charge in [0.2, 0.25) is 11.8 Å². The van der Waals surface area contributed by atoms with E-state index in [-0.39, 0.29) is 23.9 Å². The first-order valence-electron chi connectivity index (χ1n) is 7.87. The van der Waals surface area contributed by atoms with Crippen molar-refractivity contribution in [1.82, 2.24) is 19.8 Å². The van der Waals surface area contributed by atoms with E-state index in [2.05, 4.69) is 16.5 Å². The summed E-state index contributed by atoms with van der Waals surface area (Å²) < 4.78 is 0. The molecular weight excluding hydrogens is 280 g/mol. The van der Waals surface area contributed by atoms with E-state index in [4.69, 9.17) is 0 Å². The number of carbonyl (C=O) groups excluding carboxylic acids is 2. The highest BCUT2D eigenvalue weighted by molar-refractivity contribution is 5.91. The summed E-state index contributed by atoms with van der Waals surface area (Å²) in [5.74, 6) is -0.193. The SMILES string of the molecule is C=CC(=O)N(CC)CC(=O)N1CCc2[nH]cnc2C12CCC2. The lowest BCUT2D eigenvalue weighted by atomic mass is 9.70. The molecule has 1 spiro atoms. The molecule has 1 aromatic rings. The number of carbonyl (C=O) groups is 2. The molecule has 2 heterocycles. The van der Waals surface area contributed by atoms with Gasteiger partial charge in [0, 0.05) is 25.2 Å². The second kappa shape index (κ2) is 5.59. The molecule has 1 aliphatic heterocycles. The molecule has 118 valence electrons. The number of H-pyrrole nitrogens is 1. The van der Waals surface area contributed by atoms with Gasteiger partial charge in [-0.15, -0.1) is 0 Å². The maximum atomic E-state index is 12.8. The van der Waals surface area contributed by atoms with Crippen molar-refractivity contribution in [3.05, 3.63) is 30.4 Å². The number of rotatable bonds is 4. The Hall–Kier alpha value is -2.11. The Bertz CT molecular complexity index is 603. The predicted octanol–water partition coefficient (Wildman–Crippen LogP) is 1.21. The molecule has 2 amide bonds. The van der Waals surface area contributed by atoms with Crippen LogP contribution in [0.2, 0.25) is 0 Å². The molecule has 6 heteroatoms. The standard InChI is InChI=1S/C16H22N4O2/c1-3-13(21)19(4-2)10-14(22)20-9-6-12-15(18-11-17-12)16(20)7-5-8-16/h3,11H,1,4-10H2,2H3,(H,17,18). The van der Waals surface area contributed by atoms with Crippen molar-refractivity contribution in [2.24, 2.45) is 0 Å². The van der Waals surface area contributed by atoms with Crippen LogP contribution in [0.15, 0.2) is 19.0 Å². The van der Waals surface area contributed by atoms with Crippen molar-refractivity contribution in [2.75, 3.05) is 19.6 Å². The number of fused-ring (bicyclic) bond motifs is 2. The first kappa shape index (κ1) is 14.8. The van der Waals surface area contributed by atoms with Crippen LogP contribution in [0.5, 0.6) is 0 Å². The van der Waals surface area contributed by atoms with E-state index in [9.17, 15) is 9.59 Å². The van der Waals surface area contributed by atoms with Crippen LogP contribution >= 0.6 is 0 Å². The van der Waals surface area contributed by atoms with Gasteiger partial charge in [0.05, 0.1) is 17.6 Å². The van der Waals surface area contributed by atoms with Gasteiger partial charge in [-0.3, -0.25) is 9.59 Å². The zero-order valence-corrected chi connectivity index (χ0v) is 13.0. The molecular formula is C16H22N4O2. The summed E-state index contributed by atoms with van der Waals surface area (Å²) in [6, 6.07) is 0. The molecule has 2 aliphatic rings. The maximum Gasteiger partial charge on any atom is 0.246 e. The van der Waals surface area contributed by atoms with Crippen molar-refractivity contribution < 1.29 is 9.59 Å². The van der Waals surface area contributed by atoms with Gasteiger partial charge in [0.1, 0.15) is 6.54 Å². The van der Waals surface area contributed by atoms with Crippen LogP contribution in [-0.4, -0.2) is 51.2 Å². The molecule has 0 radical (unpaired) electrons. The largest absolute Gasteiger partial charge is 0.348 e. The van der Waals surface area contributed by atoms with Crippen molar-refractivity contribution in [3.63, 3.8) is 0 Å². The van der Waals surface area contributed by atoms with Gasteiger partial charge < -0.3 is 14.8 Å². The molecule has 1 fully saturated rings. The molecule has 0 aromatic carbocycles. The number of nitrogens with zero attached hydrogens (tertiary/aromatic N) is 3. The maximum absolute atomic E-state index is 12.8. The lowest BCUT2D eigenvalue weighted by Gasteiger charge is -2.52. The number of amides is 2. The molecule has 1 saturated carbocycles. The summed E-state index contributed by atoms with van der Waals surface area (Å²) in [4.78, 5) is 35.7. The normalized spacial score (nSPS) is 18.5. The number of hydrogen-bond donors (Lipinski definition) is 1. The monoisotopic (exact) mass is 302 g/mol. The number of likely N-dealkylation sites (N-methyl/N-ethyl adjacent to an activating group) is 1. The Kier molecular flexibility index (Phi) is 3.76. The van der Waals surface area contributed by atoms with E-state index >= 15 is 0 Å². The summed E-state index contributed by atoms with van der Waals surface area (Å²) in [7, 11) is 0. The smallest absolute Gasteiger partial charge is 0.246 e. The first-order chi connectivity index (χ1) is 10.6. The fourth-order valence-electron chi connectivity index (χ4n) is 3.58. The average molecular weight is 302 g/mol. The van der Waals surface area contributed by atoms with Crippen LogP contribution in [0, 0.1) is 0 Å². The summed E-state index contributed by atoms with van der Waals surface area (Å²) in [5.41, 5.74) is 1.93. The van der Waals surface area contributed by atoms with Crippen LogP contribution in [0.1, 0.15) is 37.6 Å². The first-order valence-corrected chi connectivity index (χ1v) is 7.87. The highest BCUT2D eigenvalue weighted by Crippen LogP contribution is 2.48. The van der Waals surface area contributed by atoms with Gasteiger partial charge in [-0.1, -0.05) is 6.58 Å². The minimum absolute atomic E-state index is 0.00500. The van der Waals surface area contributed by atoms with E-state index in [0.29, 0.717) is 13.1 Å². The molecule has 0 saturated heterocycles. The number of hydrogen-bond acceptors (Lipinski definition) is 3. The van der Waals surface area contributed by atoms with Gasteiger partial charge in [0.25, 0.3) is 0 Å². The minimum Gasteiger partial charge on any atom is -0.348 e. The second-order valence-electron chi connectivity index (χ2n) is 5.97. The van der Waals surface area contributed by atoms with Crippen LogP contribution < -0.4 is 0 Å². The molecule has 22 heavy (non-hydrogen) atoms. The molecule has 3 rings (SSSR count). The zero-order valence-electron chi connectivity index (χ0n) is 13.0. The van der Waals surface area contributed by atoms with Gasteiger partial charge in [-0.05, 0) is 32.3 Å². The zero-order chi connectivity index (χ0) is 15.7. The van der Waals surface area contributed by atoms with Crippen LogP contribution in [-0.2, 0) is 21.5 Å². The number of nitrogens with one attached hydrogen (secondary N) is 1. The summed E-state index contributed by atoms with van der Waals surface area (Å²) >= 11 is 0. The van der Waals surface area contributed by atoms with Gasteiger partial charge >= 0.3 is 0 Å². The van der Waals surface area contributed by atoms with Crippen molar-refractivity contribution in [1.29, 1.82) is 0 Å². The van der Waals surface area contributed by atoms with Gasteiger partial charge in [-0.2, -0.15) is 0 Å². The Labute approximate surface area is 130 Å². The minimum atomic E-state index is -0.249. The third-order valence-electron chi connectivity index (χ3n) is 4.94. The van der Waals surface area contributed by atoms with Gasteiger partial charge in [-0.25, -0.2) is 4.98 Å². The molecule has 0 bridgehead atoms. The van der Waals surface area contributed by atoms with Crippen LogP contribution in [0.25, 0.3) is 0 Å². The number of aromatic nitrogens is 2. The number of aromatic amines is 1. The van der Waals surface area contributed by atoms with Crippen LogP contribution in [0.4, 0.5) is 0 Å². The quantitative estimate of drug-likeness (QED) is 0.850. The predicted molar refractivity (Wildman–Crippen MR) is 82.0 cm³/mol. The highest BCUT2D eigenvalue weighted by Gasteiger charge is 2.51. The fourth-order valence-corrected chi connectivity index (χ4v) is 3.58. The highest BCUT2D eigenvalue weighted by atomic mass is 16.2. The van der Waals surface area contributed by atoms with Crippen molar-refractivity contribution in [2.45, 2.75) is 38.1 Å². The molecule has 1 aromatic heterocycles. The van der Waals surface area contributed by atoms with Gasteiger partial charge in [0.15, 0.2) is 0 Å². The van der Waals surface area contributed by atoms with E-state index in [1.807, 2.05) is 11.8 Å². The molecule has 1 N–H and O–H groups in total. The Balaban J connectivity index is 1.81. The van der Waals surface area contributed by atoms with E-state index in [0.717, 1.165) is 37.1 Å². The third kappa shape index (κ3) is 2.14.